The van der Waals surface area contributed by atoms with Gasteiger partial charge in [-0.15, -0.1) is 0 Å². The van der Waals surface area contributed by atoms with Crippen molar-refractivity contribution in [3.05, 3.63) is 47.7 Å². The van der Waals surface area contributed by atoms with Gasteiger partial charge < -0.3 is 21.5 Å². The molecule has 26 heavy (non-hydrogen) atoms. The molecule has 0 amide bonds. The molecule has 0 spiro atoms. The number of rotatable bonds is 3. The van der Waals surface area contributed by atoms with E-state index < -0.39 is 16.9 Å². The maximum absolute atomic E-state index is 12.0. The maximum Gasteiger partial charge on any atom is 0.334 e. The van der Waals surface area contributed by atoms with Gasteiger partial charge >= 0.3 is 5.97 Å². The Balaban J connectivity index is 2.26. The van der Waals surface area contributed by atoms with Gasteiger partial charge in [-0.3, -0.25) is 5.10 Å². The molecule has 1 aromatic heterocycles. The van der Waals surface area contributed by atoms with Crippen LogP contribution < -0.4 is 16.4 Å². The number of hydrogen-bond acceptors (Lipinski definition) is 4. The van der Waals surface area contributed by atoms with Gasteiger partial charge in [-0.2, -0.15) is 5.10 Å². The van der Waals surface area contributed by atoms with E-state index in [1.165, 1.54) is 0 Å². The Bertz CT molecular complexity index is 954. The number of nitrogens with zero attached hydrogens (tertiary/aromatic N) is 1. The number of benzene rings is 1. The van der Waals surface area contributed by atoms with Gasteiger partial charge in [-0.05, 0) is 53.7 Å². The summed E-state index contributed by atoms with van der Waals surface area (Å²) in [6.07, 6.45) is 5.10. The maximum atomic E-state index is 12.0. The Morgan fingerprint density at radius 1 is 1.38 bits per heavy atom. The van der Waals surface area contributed by atoms with Crippen LogP contribution in [0.15, 0.2) is 42.1 Å². The summed E-state index contributed by atoms with van der Waals surface area (Å²) in [5, 5.41) is 24.0. The van der Waals surface area contributed by atoms with E-state index >= 15 is 0 Å². The standard InChI is InChI=1S/C18H21N5O2S/c1-17(2,3)18(12(15(24)25)5-4-8-20-18)10-6-7-13-11(9-10)14(23-22-13)21-16(19)26/h4-9,20H,1-3H3,(H,24,25)(H4,19,21,22,23,26). The first-order chi connectivity index (χ1) is 12.2. The highest BCUT2D eigenvalue weighted by Gasteiger charge is 2.49. The summed E-state index contributed by atoms with van der Waals surface area (Å²) in [4.78, 5) is 12.0. The molecule has 3 rings (SSSR count). The van der Waals surface area contributed by atoms with Crippen molar-refractivity contribution in [2.24, 2.45) is 11.1 Å². The molecule has 0 fully saturated rings. The first-order valence-corrected chi connectivity index (χ1v) is 8.51. The van der Waals surface area contributed by atoms with Crippen LogP contribution >= 0.6 is 12.2 Å². The molecule has 0 aliphatic carbocycles. The van der Waals surface area contributed by atoms with Crippen molar-refractivity contribution in [2.75, 3.05) is 5.32 Å². The molecule has 2 heterocycles. The van der Waals surface area contributed by atoms with Crippen LogP contribution in [-0.4, -0.2) is 26.4 Å². The lowest BCUT2D eigenvalue weighted by Gasteiger charge is -2.47. The van der Waals surface area contributed by atoms with E-state index in [0.717, 1.165) is 16.5 Å². The second-order valence-corrected chi connectivity index (χ2v) is 7.65. The predicted molar refractivity (Wildman–Crippen MR) is 106 cm³/mol. The van der Waals surface area contributed by atoms with Gasteiger partial charge in [0.15, 0.2) is 10.9 Å². The summed E-state index contributed by atoms with van der Waals surface area (Å²) in [5.74, 6) is -0.462. The van der Waals surface area contributed by atoms with Crippen molar-refractivity contribution < 1.29 is 9.90 Å². The molecule has 1 aromatic carbocycles. The van der Waals surface area contributed by atoms with Crippen LogP contribution in [0.2, 0.25) is 0 Å². The Kier molecular flexibility index (Phi) is 4.23. The second-order valence-electron chi connectivity index (χ2n) is 7.21. The minimum absolute atomic E-state index is 0.110. The van der Waals surface area contributed by atoms with Crippen molar-refractivity contribution in [1.82, 2.24) is 15.5 Å². The molecule has 1 atom stereocenters. The fourth-order valence-corrected chi connectivity index (χ4v) is 3.60. The Labute approximate surface area is 156 Å². The predicted octanol–water partition coefficient (Wildman–Crippen LogP) is 2.59. The molecule has 0 saturated heterocycles. The first-order valence-electron chi connectivity index (χ1n) is 8.10. The van der Waals surface area contributed by atoms with Gasteiger partial charge in [-0.1, -0.05) is 26.8 Å². The number of aromatic nitrogens is 2. The smallest absolute Gasteiger partial charge is 0.334 e. The number of fused-ring (bicyclic) bond motifs is 1. The number of aliphatic carboxylic acids is 1. The fourth-order valence-electron chi connectivity index (χ4n) is 3.50. The molecule has 0 saturated carbocycles. The van der Waals surface area contributed by atoms with E-state index in [1.54, 1.807) is 18.4 Å². The van der Waals surface area contributed by atoms with Gasteiger partial charge in [0.25, 0.3) is 0 Å². The number of H-pyrrole nitrogens is 1. The number of nitrogens with one attached hydrogen (secondary N) is 3. The topological polar surface area (TPSA) is 116 Å². The highest BCUT2D eigenvalue weighted by molar-refractivity contribution is 7.80. The van der Waals surface area contributed by atoms with E-state index in [4.69, 9.17) is 18.0 Å². The molecule has 6 N–H and O–H groups in total. The Morgan fingerprint density at radius 3 is 2.73 bits per heavy atom. The molecule has 8 heteroatoms. The van der Waals surface area contributed by atoms with Crippen molar-refractivity contribution in [3.8, 4) is 0 Å². The minimum Gasteiger partial charge on any atom is -0.478 e. The van der Waals surface area contributed by atoms with Crippen LogP contribution in [0.3, 0.4) is 0 Å². The zero-order valence-electron chi connectivity index (χ0n) is 14.8. The van der Waals surface area contributed by atoms with Crippen molar-refractivity contribution in [2.45, 2.75) is 26.3 Å². The first kappa shape index (κ1) is 17.9. The third kappa shape index (κ3) is 2.72. The van der Waals surface area contributed by atoms with Gasteiger partial charge in [-0.25, -0.2) is 4.79 Å². The van der Waals surface area contributed by atoms with Gasteiger partial charge in [0, 0.05) is 5.39 Å². The van der Waals surface area contributed by atoms with Crippen LogP contribution in [0.4, 0.5) is 5.82 Å². The summed E-state index contributed by atoms with van der Waals surface area (Å²) >= 11 is 4.90. The van der Waals surface area contributed by atoms with Crippen LogP contribution in [0.5, 0.6) is 0 Å². The summed E-state index contributed by atoms with van der Waals surface area (Å²) in [6.45, 7) is 6.01. The SMILES string of the molecule is CC(C)(C)C1(c2ccc3[nH]nc(NC(N)=S)c3c2)NC=CC=C1C(=O)O. The summed E-state index contributed by atoms with van der Waals surface area (Å²) in [5.41, 5.74) is 6.10. The van der Waals surface area contributed by atoms with Gasteiger partial charge in [0.05, 0.1) is 16.6 Å². The molecule has 0 bridgehead atoms. The van der Waals surface area contributed by atoms with Crippen LogP contribution in [0.1, 0.15) is 26.3 Å². The highest BCUT2D eigenvalue weighted by Crippen LogP contribution is 2.47. The summed E-state index contributed by atoms with van der Waals surface area (Å²) in [7, 11) is 0. The molecular formula is C18H21N5O2S. The lowest BCUT2D eigenvalue weighted by molar-refractivity contribution is -0.134. The molecule has 7 nitrogen and oxygen atoms in total. The lowest BCUT2D eigenvalue weighted by atomic mass is 9.64. The number of hydrogen-bond donors (Lipinski definition) is 5. The average molecular weight is 371 g/mol. The number of carbonyl (C=O) groups is 1. The number of nitrogens with two attached hydrogens (primary N) is 1. The Hall–Kier alpha value is -2.87. The number of carboxylic acid groups (broad SMARTS) is 1. The number of allylic oxidation sites excluding steroid dienone is 2. The third-order valence-electron chi connectivity index (χ3n) is 4.66. The van der Waals surface area contributed by atoms with Crippen LogP contribution in [0, 0.1) is 5.41 Å². The fraction of sp³-hybridized carbons (Fsp3) is 0.278. The molecule has 1 aliphatic heterocycles. The zero-order valence-corrected chi connectivity index (χ0v) is 15.6. The summed E-state index contributed by atoms with van der Waals surface area (Å²) in [6, 6.07) is 5.68. The van der Waals surface area contributed by atoms with Crippen LogP contribution in [0.25, 0.3) is 10.9 Å². The molecule has 1 unspecified atom stereocenters. The lowest BCUT2D eigenvalue weighted by Crippen LogP contribution is -2.54. The molecule has 2 aromatic rings. The van der Waals surface area contributed by atoms with Crippen molar-refractivity contribution >= 4 is 40.0 Å². The molecule has 136 valence electrons. The number of aromatic amines is 1. The van der Waals surface area contributed by atoms with E-state index in [1.807, 2.05) is 39.0 Å². The zero-order chi connectivity index (χ0) is 19.1. The highest BCUT2D eigenvalue weighted by atomic mass is 32.1. The molecule has 1 aliphatic rings. The van der Waals surface area contributed by atoms with Crippen LogP contribution in [-0.2, 0) is 10.3 Å². The number of dihydropyridines is 1. The quantitative estimate of drug-likeness (QED) is 0.527. The van der Waals surface area contributed by atoms with Crippen molar-refractivity contribution in [3.63, 3.8) is 0 Å². The minimum atomic E-state index is -0.967. The van der Waals surface area contributed by atoms with E-state index in [9.17, 15) is 9.90 Å². The second kappa shape index (κ2) is 6.14. The third-order valence-corrected chi connectivity index (χ3v) is 4.76. The largest absolute Gasteiger partial charge is 0.478 e. The van der Waals surface area contributed by atoms with E-state index in [0.29, 0.717) is 5.82 Å². The number of thiocarbonyl (C=S) groups is 1. The van der Waals surface area contributed by atoms with Gasteiger partial charge in [0.2, 0.25) is 0 Å². The number of anilines is 1. The number of carboxylic acids is 1. The average Bonchev–Trinajstić information content (AvgIpc) is 2.95. The van der Waals surface area contributed by atoms with Gasteiger partial charge in [0.1, 0.15) is 0 Å². The molecule has 0 radical (unpaired) electrons. The summed E-state index contributed by atoms with van der Waals surface area (Å²) < 4.78 is 0. The van der Waals surface area contributed by atoms with E-state index in [-0.39, 0.29) is 10.7 Å². The molecular weight excluding hydrogens is 350 g/mol. The van der Waals surface area contributed by atoms with E-state index in [2.05, 4.69) is 20.8 Å². The normalized spacial score (nSPS) is 19.7. The Morgan fingerprint density at radius 2 is 2.12 bits per heavy atom. The van der Waals surface area contributed by atoms with Crippen molar-refractivity contribution in [1.29, 1.82) is 0 Å². The monoisotopic (exact) mass is 371 g/mol.